The molecule has 1 aliphatic heterocycles. The number of rotatable bonds is 6. The number of nitrogens with one attached hydrogen (secondary N) is 2. The molecule has 0 saturated carbocycles. The molecule has 0 unspecified atom stereocenters. The summed E-state index contributed by atoms with van der Waals surface area (Å²) in [6.45, 7) is 6.62. The van der Waals surface area contributed by atoms with Crippen LogP contribution in [-0.4, -0.2) is 63.6 Å². The summed E-state index contributed by atoms with van der Waals surface area (Å²) >= 11 is 0. The minimum atomic E-state index is -0.609. The lowest BCUT2D eigenvalue weighted by atomic mass is 10.2. The molecule has 5 rings (SSSR count). The standard InChI is InChI=1S/C25H25F2N9O/c1-3-21(37)31-19-13-16(5-6-17(19)26)36-14-29-22-23(28)32-25(33-24(22)36)30-15-4-7-20(18(27)12-15)35-10-8-34(2)9-11-35/h3-7,12-14H,1,8-11H2,2H3,(H,31,37)(H3,28,30,32,33). The van der Waals surface area contributed by atoms with Gasteiger partial charge in [-0.05, 0) is 49.5 Å². The first kappa shape index (κ1) is 24.1. The largest absolute Gasteiger partial charge is 0.382 e. The Labute approximate surface area is 211 Å². The molecule has 0 radical (unpaired) electrons. The molecular weight excluding hydrogens is 480 g/mol. The zero-order chi connectivity index (χ0) is 26.1. The number of nitrogen functional groups attached to an aromatic ring is 1. The highest BCUT2D eigenvalue weighted by molar-refractivity contribution is 5.99. The van der Waals surface area contributed by atoms with Crippen molar-refractivity contribution in [3.8, 4) is 5.69 Å². The summed E-state index contributed by atoms with van der Waals surface area (Å²) in [7, 11) is 2.05. The number of hydrogen-bond acceptors (Lipinski definition) is 8. The van der Waals surface area contributed by atoms with E-state index in [0.717, 1.165) is 32.3 Å². The van der Waals surface area contributed by atoms with Crippen LogP contribution in [0, 0.1) is 11.6 Å². The molecule has 10 nitrogen and oxygen atoms in total. The second-order valence-corrected chi connectivity index (χ2v) is 8.66. The molecule has 0 bridgehead atoms. The van der Waals surface area contributed by atoms with E-state index < -0.39 is 11.7 Å². The van der Waals surface area contributed by atoms with Gasteiger partial charge in [-0.25, -0.2) is 13.8 Å². The number of carbonyl (C=O) groups is 1. The van der Waals surface area contributed by atoms with Crippen molar-refractivity contribution in [1.82, 2.24) is 24.4 Å². The second-order valence-electron chi connectivity index (χ2n) is 8.66. The molecule has 1 fully saturated rings. The van der Waals surface area contributed by atoms with Crippen LogP contribution < -0.4 is 21.3 Å². The summed E-state index contributed by atoms with van der Waals surface area (Å²) in [6.07, 6.45) is 2.52. The van der Waals surface area contributed by atoms with E-state index in [9.17, 15) is 13.6 Å². The highest BCUT2D eigenvalue weighted by atomic mass is 19.1. The molecule has 1 saturated heterocycles. The number of aromatic nitrogens is 4. The first-order valence-corrected chi connectivity index (χ1v) is 11.6. The summed E-state index contributed by atoms with van der Waals surface area (Å²) in [5.41, 5.74) is 8.26. The lowest BCUT2D eigenvalue weighted by molar-refractivity contribution is -0.111. The molecule has 3 heterocycles. The van der Waals surface area contributed by atoms with Crippen molar-refractivity contribution >= 4 is 45.9 Å². The van der Waals surface area contributed by atoms with E-state index in [1.54, 1.807) is 16.7 Å². The average molecular weight is 506 g/mol. The Hall–Kier alpha value is -4.58. The molecule has 0 spiro atoms. The number of nitrogens with zero attached hydrogens (tertiary/aromatic N) is 6. The quantitative estimate of drug-likeness (QED) is 0.342. The highest BCUT2D eigenvalue weighted by Gasteiger charge is 2.18. The smallest absolute Gasteiger partial charge is 0.247 e. The van der Waals surface area contributed by atoms with Crippen molar-refractivity contribution in [3.05, 3.63) is 67.0 Å². The number of amides is 1. The molecule has 2 aromatic heterocycles. The molecule has 1 amide bonds. The molecule has 1 aliphatic rings. The molecule has 0 atom stereocenters. The number of hydrogen-bond donors (Lipinski definition) is 3. The van der Waals surface area contributed by atoms with Crippen LogP contribution >= 0.6 is 0 Å². The van der Waals surface area contributed by atoms with Gasteiger partial charge in [0.2, 0.25) is 11.9 Å². The van der Waals surface area contributed by atoms with Crippen LogP contribution in [0.25, 0.3) is 16.9 Å². The second kappa shape index (κ2) is 9.82. The third-order valence-corrected chi connectivity index (χ3v) is 6.14. The van der Waals surface area contributed by atoms with Crippen LogP contribution in [0.1, 0.15) is 0 Å². The van der Waals surface area contributed by atoms with E-state index in [1.807, 2.05) is 11.9 Å². The normalized spacial score (nSPS) is 14.1. The summed E-state index contributed by atoms with van der Waals surface area (Å²) in [5, 5.41) is 5.42. The number of anilines is 5. The number of fused-ring (bicyclic) bond motifs is 1. The van der Waals surface area contributed by atoms with Gasteiger partial charge in [-0.1, -0.05) is 6.58 Å². The fourth-order valence-corrected chi connectivity index (χ4v) is 4.13. The third-order valence-electron chi connectivity index (χ3n) is 6.14. The van der Waals surface area contributed by atoms with Crippen molar-refractivity contribution in [2.75, 3.05) is 54.5 Å². The van der Waals surface area contributed by atoms with Gasteiger partial charge in [-0.3, -0.25) is 9.36 Å². The molecule has 0 aliphatic carbocycles. The Bertz CT molecular complexity index is 1500. The zero-order valence-electron chi connectivity index (χ0n) is 20.1. The number of carbonyl (C=O) groups excluding carboxylic acids is 1. The minimum Gasteiger partial charge on any atom is -0.382 e. The van der Waals surface area contributed by atoms with Gasteiger partial charge in [-0.2, -0.15) is 9.97 Å². The van der Waals surface area contributed by atoms with E-state index in [4.69, 9.17) is 5.73 Å². The summed E-state index contributed by atoms with van der Waals surface area (Å²) in [4.78, 5) is 28.9. The monoisotopic (exact) mass is 505 g/mol. The van der Waals surface area contributed by atoms with Gasteiger partial charge in [0.25, 0.3) is 0 Å². The number of halogens is 2. The fourth-order valence-electron chi connectivity index (χ4n) is 4.13. The lowest BCUT2D eigenvalue weighted by Gasteiger charge is -2.34. The first-order chi connectivity index (χ1) is 17.8. The topological polar surface area (TPSA) is 117 Å². The summed E-state index contributed by atoms with van der Waals surface area (Å²) in [5.74, 6) is -1.25. The summed E-state index contributed by atoms with van der Waals surface area (Å²) < 4.78 is 30.8. The Morgan fingerprint density at radius 3 is 2.59 bits per heavy atom. The molecule has 190 valence electrons. The Kier molecular flexibility index (Phi) is 6.40. The maximum absolute atomic E-state index is 14.9. The maximum atomic E-state index is 14.9. The van der Waals surface area contributed by atoms with Crippen LogP contribution in [0.15, 0.2) is 55.4 Å². The van der Waals surface area contributed by atoms with Crippen LogP contribution in [0.5, 0.6) is 0 Å². The Balaban J connectivity index is 1.44. The molecule has 4 N–H and O–H groups in total. The van der Waals surface area contributed by atoms with Crippen molar-refractivity contribution in [2.24, 2.45) is 0 Å². The minimum absolute atomic E-state index is 0.0273. The number of piperazine rings is 1. The van der Waals surface area contributed by atoms with Gasteiger partial charge < -0.3 is 26.2 Å². The highest BCUT2D eigenvalue weighted by Crippen LogP contribution is 2.28. The van der Waals surface area contributed by atoms with Gasteiger partial charge >= 0.3 is 0 Å². The Morgan fingerprint density at radius 2 is 1.86 bits per heavy atom. The number of imidazole rings is 1. The fraction of sp³-hybridized carbons (Fsp3) is 0.200. The maximum Gasteiger partial charge on any atom is 0.247 e. The SMILES string of the molecule is C=CC(=O)Nc1cc(-n2cnc3c(N)nc(Nc4ccc(N5CCN(C)CC5)c(F)c4)nc32)ccc1F. The van der Waals surface area contributed by atoms with Crippen molar-refractivity contribution in [2.45, 2.75) is 0 Å². The average Bonchev–Trinajstić information content (AvgIpc) is 3.31. The van der Waals surface area contributed by atoms with E-state index in [1.165, 1.54) is 30.6 Å². The number of nitrogens with two attached hydrogens (primary N) is 1. The van der Waals surface area contributed by atoms with Gasteiger partial charge in [-0.15, -0.1) is 0 Å². The van der Waals surface area contributed by atoms with Gasteiger partial charge in [0.05, 0.1) is 17.1 Å². The number of likely N-dealkylation sites (N-methyl/N-ethyl adjacent to an activating group) is 1. The predicted molar refractivity (Wildman–Crippen MR) is 139 cm³/mol. The van der Waals surface area contributed by atoms with Crippen molar-refractivity contribution < 1.29 is 13.6 Å². The first-order valence-electron chi connectivity index (χ1n) is 11.6. The van der Waals surface area contributed by atoms with Crippen LogP contribution in [-0.2, 0) is 4.79 Å². The van der Waals surface area contributed by atoms with Crippen LogP contribution in [0.2, 0.25) is 0 Å². The Morgan fingerprint density at radius 1 is 1.08 bits per heavy atom. The van der Waals surface area contributed by atoms with E-state index in [-0.39, 0.29) is 23.3 Å². The van der Waals surface area contributed by atoms with Gasteiger partial charge in [0.15, 0.2) is 17.0 Å². The third kappa shape index (κ3) is 4.91. The summed E-state index contributed by atoms with van der Waals surface area (Å²) in [6, 6.07) is 9.05. The molecule has 2 aromatic carbocycles. The van der Waals surface area contributed by atoms with Crippen molar-refractivity contribution in [3.63, 3.8) is 0 Å². The lowest BCUT2D eigenvalue weighted by Crippen LogP contribution is -2.44. The molecular formula is C25H25F2N9O. The van der Waals surface area contributed by atoms with Crippen LogP contribution in [0.4, 0.5) is 37.6 Å². The molecule has 37 heavy (non-hydrogen) atoms. The van der Waals surface area contributed by atoms with Gasteiger partial charge in [0.1, 0.15) is 18.0 Å². The zero-order valence-corrected chi connectivity index (χ0v) is 20.1. The van der Waals surface area contributed by atoms with E-state index >= 15 is 0 Å². The number of benzene rings is 2. The molecule has 12 heteroatoms. The van der Waals surface area contributed by atoms with Gasteiger partial charge in [0, 0.05) is 31.9 Å². The van der Waals surface area contributed by atoms with E-state index in [2.05, 4.69) is 37.1 Å². The van der Waals surface area contributed by atoms with Crippen molar-refractivity contribution in [1.29, 1.82) is 0 Å². The van der Waals surface area contributed by atoms with E-state index in [0.29, 0.717) is 28.2 Å². The van der Waals surface area contributed by atoms with Crippen LogP contribution in [0.3, 0.4) is 0 Å². The predicted octanol–water partition coefficient (Wildman–Crippen LogP) is 3.30. The molecule has 4 aromatic rings.